The minimum atomic E-state index is -0.0718. The summed E-state index contributed by atoms with van der Waals surface area (Å²) in [6.45, 7) is 6.63. The number of nitrogens with zero attached hydrogens (tertiary/aromatic N) is 1. The van der Waals surface area contributed by atoms with Crippen molar-refractivity contribution in [3.8, 4) is 0 Å². The van der Waals surface area contributed by atoms with Gasteiger partial charge in [0, 0.05) is 6.21 Å². The maximum atomic E-state index is 6.25. The van der Waals surface area contributed by atoms with E-state index >= 15 is 0 Å². The van der Waals surface area contributed by atoms with E-state index in [2.05, 4.69) is 44.0 Å². The molecule has 0 aromatic rings. The highest BCUT2D eigenvalue weighted by atomic mass is 35.5. The number of hydrogen-bond acceptors (Lipinski definition) is 1. The number of aliphatic imine (C=N–C) groups is 1. The fourth-order valence-electron chi connectivity index (χ4n) is 2.32. The molecule has 2 heteroatoms. The van der Waals surface area contributed by atoms with Crippen molar-refractivity contribution in [2.75, 3.05) is 0 Å². The van der Waals surface area contributed by atoms with E-state index in [1.54, 1.807) is 0 Å². The Morgan fingerprint density at radius 2 is 2.06 bits per heavy atom. The second-order valence-corrected chi connectivity index (χ2v) is 5.96. The molecule has 0 fully saturated rings. The monoisotopic (exact) mass is 263 g/mol. The van der Waals surface area contributed by atoms with Crippen LogP contribution in [0.5, 0.6) is 0 Å². The first-order chi connectivity index (χ1) is 8.58. The van der Waals surface area contributed by atoms with E-state index in [0.717, 1.165) is 19.3 Å². The zero-order valence-corrected chi connectivity index (χ0v) is 12.2. The first-order valence-electron chi connectivity index (χ1n) is 6.82. The lowest BCUT2D eigenvalue weighted by atomic mass is 9.90. The van der Waals surface area contributed by atoms with Gasteiger partial charge in [0.1, 0.15) is 5.50 Å². The molecule has 0 spiro atoms. The standard InChI is InChI=1S/C16H22ClN/c1-11-4-7-14-8-6-13(3)16(17)18-10-15(14)9-5-12(11)2/h4-5,7,10-11,13,16H,6,8-9H2,1-3H3/b7-4-,12-5+,15-14-,18-10-/t11?,13-,16?/m0/s1. The Morgan fingerprint density at radius 1 is 1.28 bits per heavy atom. The van der Waals surface area contributed by atoms with Crippen LogP contribution in [0.3, 0.4) is 0 Å². The van der Waals surface area contributed by atoms with Crippen molar-refractivity contribution in [3.05, 3.63) is 34.9 Å². The second-order valence-electron chi connectivity index (χ2n) is 5.52. The molecule has 0 aromatic carbocycles. The lowest BCUT2D eigenvalue weighted by Crippen LogP contribution is -2.13. The van der Waals surface area contributed by atoms with Gasteiger partial charge < -0.3 is 0 Å². The third kappa shape index (κ3) is 3.14. The maximum absolute atomic E-state index is 6.25. The van der Waals surface area contributed by atoms with Crippen LogP contribution in [-0.4, -0.2) is 11.7 Å². The van der Waals surface area contributed by atoms with Gasteiger partial charge in [-0.25, -0.2) is 0 Å². The van der Waals surface area contributed by atoms with E-state index in [4.69, 9.17) is 11.6 Å². The molecular weight excluding hydrogens is 242 g/mol. The van der Waals surface area contributed by atoms with E-state index in [9.17, 15) is 0 Å². The van der Waals surface area contributed by atoms with Crippen LogP contribution in [0, 0.1) is 11.8 Å². The van der Waals surface area contributed by atoms with Crippen molar-refractivity contribution in [2.24, 2.45) is 16.8 Å². The van der Waals surface area contributed by atoms with Crippen molar-refractivity contribution in [2.45, 2.75) is 45.5 Å². The fourth-order valence-corrected chi connectivity index (χ4v) is 2.50. The van der Waals surface area contributed by atoms with Crippen LogP contribution >= 0.6 is 11.6 Å². The molecule has 0 radical (unpaired) electrons. The van der Waals surface area contributed by atoms with Crippen molar-refractivity contribution >= 4 is 17.8 Å². The lowest BCUT2D eigenvalue weighted by Gasteiger charge is -2.21. The summed E-state index contributed by atoms with van der Waals surface area (Å²) < 4.78 is 0. The van der Waals surface area contributed by atoms with Gasteiger partial charge in [-0.2, -0.15) is 0 Å². The van der Waals surface area contributed by atoms with Gasteiger partial charge in [0.15, 0.2) is 0 Å². The number of rotatable bonds is 0. The normalized spacial score (nSPS) is 43.6. The molecule has 0 saturated heterocycles. The number of hydrogen-bond donors (Lipinski definition) is 0. The highest BCUT2D eigenvalue weighted by Gasteiger charge is 2.17. The predicted octanol–water partition coefficient (Wildman–Crippen LogP) is 4.89. The highest BCUT2D eigenvalue weighted by molar-refractivity contribution is 6.21. The van der Waals surface area contributed by atoms with Gasteiger partial charge in [0.2, 0.25) is 0 Å². The zero-order valence-electron chi connectivity index (χ0n) is 11.5. The number of allylic oxidation sites excluding steroid dienone is 6. The Balaban J connectivity index is 2.32. The van der Waals surface area contributed by atoms with Crippen molar-refractivity contribution in [1.29, 1.82) is 0 Å². The molecule has 3 atom stereocenters. The van der Waals surface area contributed by atoms with Crippen LogP contribution in [0.1, 0.15) is 40.0 Å². The van der Waals surface area contributed by atoms with Gasteiger partial charge in [0.05, 0.1) is 0 Å². The minimum absolute atomic E-state index is 0.0718. The summed E-state index contributed by atoms with van der Waals surface area (Å²) >= 11 is 6.25. The van der Waals surface area contributed by atoms with Crippen molar-refractivity contribution in [3.63, 3.8) is 0 Å². The van der Waals surface area contributed by atoms with Gasteiger partial charge in [0.25, 0.3) is 0 Å². The first kappa shape index (κ1) is 13.6. The van der Waals surface area contributed by atoms with Crippen molar-refractivity contribution < 1.29 is 0 Å². The molecular formula is C16H22ClN. The third-order valence-corrected chi connectivity index (χ3v) is 4.61. The van der Waals surface area contributed by atoms with Crippen LogP contribution in [-0.2, 0) is 0 Å². The third-order valence-electron chi connectivity index (χ3n) is 4.07. The van der Waals surface area contributed by atoms with Crippen molar-refractivity contribution in [1.82, 2.24) is 0 Å². The van der Waals surface area contributed by atoms with Crippen LogP contribution in [0.2, 0.25) is 0 Å². The van der Waals surface area contributed by atoms with Crippen LogP contribution in [0.15, 0.2) is 39.9 Å². The SMILES string of the molecule is C/C1=C\CC2=C(\C=C/C1C)CC[C@H](C)C(Cl)/N=C\2. The van der Waals surface area contributed by atoms with E-state index in [1.807, 2.05) is 6.21 Å². The molecule has 98 valence electrons. The van der Waals surface area contributed by atoms with E-state index < -0.39 is 0 Å². The van der Waals surface area contributed by atoms with Gasteiger partial charge in [-0.3, -0.25) is 4.99 Å². The molecule has 1 heterocycles. The summed E-state index contributed by atoms with van der Waals surface area (Å²) in [5.41, 5.74) is 4.13. The summed E-state index contributed by atoms with van der Waals surface area (Å²) in [5.74, 6) is 0.991. The number of halogens is 1. The highest BCUT2D eigenvalue weighted by Crippen LogP contribution is 2.28. The van der Waals surface area contributed by atoms with Crippen LogP contribution < -0.4 is 0 Å². The van der Waals surface area contributed by atoms with E-state index in [1.165, 1.54) is 16.7 Å². The average molecular weight is 264 g/mol. The van der Waals surface area contributed by atoms with Gasteiger partial charge in [-0.05, 0) is 49.2 Å². The molecule has 0 bridgehead atoms. The van der Waals surface area contributed by atoms with Crippen LogP contribution in [0.4, 0.5) is 0 Å². The minimum Gasteiger partial charge on any atom is -0.273 e. The Bertz CT molecular complexity index is 428. The summed E-state index contributed by atoms with van der Waals surface area (Å²) in [4.78, 5) is 4.48. The smallest absolute Gasteiger partial charge is 0.126 e. The molecule has 0 aromatic heterocycles. The Labute approximate surface area is 115 Å². The Hall–Kier alpha value is -0.820. The molecule has 18 heavy (non-hydrogen) atoms. The summed E-state index contributed by atoms with van der Waals surface area (Å²) in [6.07, 6.45) is 12.1. The maximum Gasteiger partial charge on any atom is 0.126 e. The van der Waals surface area contributed by atoms with E-state index in [0.29, 0.717) is 11.8 Å². The Kier molecular flexibility index (Phi) is 4.45. The zero-order chi connectivity index (χ0) is 13.1. The largest absolute Gasteiger partial charge is 0.273 e. The fraction of sp³-hybridized carbons (Fsp3) is 0.562. The molecule has 1 aliphatic carbocycles. The molecule has 2 aliphatic rings. The van der Waals surface area contributed by atoms with Gasteiger partial charge in [-0.15, -0.1) is 0 Å². The van der Waals surface area contributed by atoms with Gasteiger partial charge in [-0.1, -0.05) is 49.2 Å². The predicted molar refractivity (Wildman–Crippen MR) is 80.2 cm³/mol. The molecule has 2 unspecified atom stereocenters. The molecule has 1 aliphatic heterocycles. The quantitative estimate of drug-likeness (QED) is 0.335. The second kappa shape index (κ2) is 5.88. The first-order valence-corrected chi connectivity index (χ1v) is 7.25. The summed E-state index contributed by atoms with van der Waals surface area (Å²) in [6, 6.07) is 0. The molecule has 2 rings (SSSR count). The van der Waals surface area contributed by atoms with Gasteiger partial charge >= 0.3 is 0 Å². The number of alkyl halides is 1. The summed E-state index contributed by atoms with van der Waals surface area (Å²) in [7, 11) is 0. The lowest BCUT2D eigenvalue weighted by molar-refractivity contribution is 0.511. The molecule has 0 N–H and O–H groups in total. The van der Waals surface area contributed by atoms with E-state index in [-0.39, 0.29) is 5.50 Å². The molecule has 1 nitrogen and oxygen atoms in total. The van der Waals surface area contributed by atoms with Crippen LogP contribution in [0.25, 0.3) is 0 Å². The molecule has 0 saturated carbocycles. The average Bonchev–Trinajstić information content (AvgIpc) is 2.35. The Morgan fingerprint density at radius 3 is 2.83 bits per heavy atom. The molecule has 0 amide bonds. The summed E-state index contributed by atoms with van der Waals surface area (Å²) in [5, 5.41) is 0. The topological polar surface area (TPSA) is 12.4 Å².